The lowest BCUT2D eigenvalue weighted by atomic mass is 9.84. The van der Waals surface area contributed by atoms with E-state index in [-0.39, 0.29) is 12.0 Å². The minimum absolute atomic E-state index is 0.0983. The van der Waals surface area contributed by atoms with Crippen molar-refractivity contribution in [3.8, 4) is 0 Å². The highest BCUT2D eigenvalue weighted by atomic mass is 19.3. The molecule has 0 spiro atoms. The summed E-state index contributed by atoms with van der Waals surface area (Å²) in [6, 6.07) is 0. The van der Waals surface area contributed by atoms with Crippen LogP contribution in [0.5, 0.6) is 0 Å². The first-order valence-corrected chi connectivity index (χ1v) is 4.09. The first-order valence-electron chi connectivity index (χ1n) is 4.09. The molecule has 0 saturated carbocycles. The van der Waals surface area contributed by atoms with Crippen LogP contribution >= 0.6 is 0 Å². The van der Waals surface area contributed by atoms with Crippen LogP contribution in [0.2, 0.25) is 0 Å². The van der Waals surface area contributed by atoms with E-state index < -0.39 is 12.5 Å². The monoisotopic (exact) mass is 179 g/mol. The van der Waals surface area contributed by atoms with Gasteiger partial charge in [0.15, 0.2) is 0 Å². The predicted octanol–water partition coefficient (Wildman–Crippen LogP) is 0.954. The summed E-state index contributed by atoms with van der Waals surface area (Å²) in [6.07, 6.45) is -4.10. The van der Waals surface area contributed by atoms with Crippen molar-refractivity contribution in [1.29, 1.82) is 0 Å². The molecule has 1 atom stereocenters. The second kappa shape index (κ2) is 3.26. The van der Waals surface area contributed by atoms with E-state index in [1.807, 2.05) is 4.90 Å². The van der Waals surface area contributed by atoms with Crippen molar-refractivity contribution in [3.63, 3.8) is 0 Å². The zero-order valence-electron chi connectivity index (χ0n) is 7.43. The summed E-state index contributed by atoms with van der Waals surface area (Å²) in [5, 5.41) is 8.84. The second-order valence-electron chi connectivity index (χ2n) is 4.24. The fourth-order valence-corrected chi connectivity index (χ4v) is 1.64. The lowest BCUT2D eigenvalue weighted by molar-refractivity contribution is -0.0600. The number of alkyl halides is 2. The number of likely N-dealkylation sites (tertiary alicyclic amines) is 1. The molecule has 0 radical (unpaired) electrons. The van der Waals surface area contributed by atoms with E-state index in [2.05, 4.69) is 13.8 Å². The van der Waals surface area contributed by atoms with Gasteiger partial charge >= 0.3 is 0 Å². The normalized spacial score (nSPS) is 25.5. The van der Waals surface area contributed by atoms with Crippen molar-refractivity contribution >= 4 is 0 Å². The zero-order chi connectivity index (χ0) is 9.35. The van der Waals surface area contributed by atoms with E-state index in [1.165, 1.54) is 0 Å². The van der Waals surface area contributed by atoms with Crippen LogP contribution in [0.15, 0.2) is 0 Å². The molecule has 1 aliphatic rings. The summed E-state index contributed by atoms with van der Waals surface area (Å²) in [5.74, 6) is 0. The van der Waals surface area contributed by atoms with Gasteiger partial charge < -0.3 is 5.11 Å². The van der Waals surface area contributed by atoms with E-state index in [0.29, 0.717) is 0 Å². The largest absolute Gasteiger partial charge is 0.386 e. The Bertz CT molecular complexity index is 153. The number of nitrogens with zero attached hydrogens (tertiary/aromatic N) is 1. The molecule has 4 heteroatoms. The average molecular weight is 179 g/mol. The topological polar surface area (TPSA) is 23.5 Å². The first-order chi connectivity index (χ1) is 5.41. The zero-order valence-corrected chi connectivity index (χ0v) is 7.43. The lowest BCUT2D eigenvalue weighted by Crippen LogP contribution is -2.55. The molecule has 0 aromatic carbocycles. The van der Waals surface area contributed by atoms with Gasteiger partial charge in [-0.1, -0.05) is 13.8 Å². The van der Waals surface area contributed by atoms with Gasteiger partial charge in [-0.15, -0.1) is 0 Å². The van der Waals surface area contributed by atoms with Gasteiger partial charge in [-0.25, -0.2) is 8.78 Å². The van der Waals surface area contributed by atoms with Gasteiger partial charge in [0.05, 0.1) is 0 Å². The Hall–Kier alpha value is -0.220. The van der Waals surface area contributed by atoms with Crippen molar-refractivity contribution in [2.45, 2.75) is 26.4 Å². The van der Waals surface area contributed by atoms with Crippen LogP contribution in [-0.2, 0) is 0 Å². The Kier molecular flexibility index (Phi) is 2.68. The standard InChI is InChI=1S/C8H15F2NO/c1-8(2)4-11(5-8)3-6(12)7(9)10/h6-7,12H,3-5H2,1-2H3. The summed E-state index contributed by atoms with van der Waals surface area (Å²) in [5.41, 5.74) is 0.238. The van der Waals surface area contributed by atoms with Gasteiger partial charge in [0, 0.05) is 19.6 Å². The maximum atomic E-state index is 11.9. The quantitative estimate of drug-likeness (QED) is 0.697. The molecule has 1 saturated heterocycles. The molecule has 1 unspecified atom stereocenters. The van der Waals surface area contributed by atoms with Crippen LogP contribution in [0.3, 0.4) is 0 Å². The van der Waals surface area contributed by atoms with Crippen LogP contribution in [0.25, 0.3) is 0 Å². The minimum Gasteiger partial charge on any atom is -0.386 e. The summed E-state index contributed by atoms with van der Waals surface area (Å²) >= 11 is 0. The Balaban J connectivity index is 2.19. The SMILES string of the molecule is CC1(C)CN(CC(O)C(F)F)C1. The van der Waals surface area contributed by atoms with E-state index in [4.69, 9.17) is 5.11 Å². The fraction of sp³-hybridized carbons (Fsp3) is 1.00. The number of halogens is 2. The third kappa shape index (κ3) is 2.38. The van der Waals surface area contributed by atoms with E-state index in [1.54, 1.807) is 0 Å². The highest BCUT2D eigenvalue weighted by molar-refractivity contribution is 4.88. The molecule has 1 fully saturated rings. The van der Waals surface area contributed by atoms with E-state index in [0.717, 1.165) is 13.1 Å². The lowest BCUT2D eigenvalue weighted by Gasteiger charge is -2.46. The van der Waals surface area contributed by atoms with Crippen LogP contribution in [0, 0.1) is 5.41 Å². The van der Waals surface area contributed by atoms with Crippen LogP contribution in [0.4, 0.5) is 8.78 Å². The Morgan fingerprint density at radius 1 is 1.42 bits per heavy atom. The predicted molar refractivity (Wildman–Crippen MR) is 42.2 cm³/mol. The molecule has 0 bridgehead atoms. The molecule has 0 aromatic rings. The van der Waals surface area contributed by atoms with Crippen LogP contribution in [0.1, 0.15) is 13.8 Å². The maximum Gasteiger partial charge on any atom is 0.265 e. The summed E-state index contributed by atoms with van der Waals surface area (Å²) in [4.78, 5) is 1.84. The second-order valence-corrected chi connectivity index (χ2v) is 4.24. The third-order valence-corrected chi connectivity index (χ3v) is 2.04. The van der Waals surface area contributed by atoms with Crippen molar-refractivity contribution in [3.05, 3.63) is 0 Å². The molecule has 1 N–H and O–H groups in total. The van der Waals surface area contributed by atoms with Crippen LogP contribution < -0.4 is 0 Å². The fourth-order valence-electron chi connectivity index (χ4n) is 1.64. The number of aliphatic hydroxyl groups is 1. The number of hydrogen-bond acceptors (Lipinski definition) is 2. The molecule has 0 aliphatic carbocycles. The smallest absolute Gasteiger partial charge is 0.265 e. The molecule has 2 nitrogen and oxygen atoms in total. The van der Waals surface area contributed by atoms with Crippen molar-refractivity contribution < 1.29 is 13.9 Å². The molecular formula is C8H15F2NO. The van der Waals surface area contributed by atoms with Crippen molar-refractivity contribution in [2.24, 2.45) is 5.41 Å². The third-order valence-electron chi connectivity index (χ3n) is 2.04. The molecule has 12 heavy (non-hydrogen) atoms. The van der Waals surface area contributed by atoms with Crippen molar-refractivity contribution in [1.82, 2.24) is 4.90 Å². The molecule has 72 valence electrons. The number of rotatable bonds is 3. The Labute approximate surface area is 71.2 Å². The molecule has 1 heterocycles. The van der Waals surface area contributed by atoms with Gasteiger partial charge in [-0.3, -0.25) is 4.90 Å². The van der Waals surface area contributed by atoms with Gasteiger partial charge in [0.25, 0.3) is 6.43 Å². The summed E-state index contributed by atoms with van der Waals surface area (Å²) in [6.45, 7) is 5.87. The highest BCUT2D eigenvalue weighted by Crippen LogP contribution is 2.28. The number of β-amino-alcohol motifs (C(OH)–C–C–N with tert-alkyl or cyclic N) is 1. The van der Waals surface area contributed by atoms with Gasteiger partial charge in [0.2, 0.25) is 0 Å². The Morgan fingerprint density at radius 3 is 2.25 bits per heavy atom. The molecule has 0 aromatic heterocycles. The average Bonchev–Trinajstić information content (AvgIpc) is 1.83. The van der Waals surface area contributed by atoms with E-state index >= 15 is 0 Å². The summed E-state index contributed by atoms with van der Waals surface area (Å²) < 4.78 is 23.7. The first kappa shape index (κ1) is 9.86. The summed E-state index contributed by atoms with van der Waals surface area (Å²) in [7, 11) is 0. The molecule has 1 rings (SSSR count). The van der Waals surface area contributed by atoms with E-state index in [9.17, 15) is 8.78 Å². The maximum absolute atomic E-state index is 11.9. The van der Waals surface area contributed by atoms with Gasteiger partial charge in [-0.05, 0) is 5.41 Å². The highest BCUT2D eigenvalue weighted by Gasteiger charge is 2.35. The number of hydrogen-bond donors (Lipinski definition) is 1. The number of aliphatic hydroxyl groups excluding tert-OH is 1. The van der Waals surface area contributed by atoms with Gasteiger partial charge in [-0.2, -0.15) is 0 Å². The van der Waals surface area contributed by atoms with Crippen molar-refractivity contribution in [2.75, 3.05) is 19.6 Å². The minimum atomic E-state index is -2.62. The van der Waals surface area contributed by atoms with Gasteiger partial charge in [0.1, 0.15) is 6.10 Å². The molecular weight excluding hydrogens is 164 g/mol. The molecule has 0 amide bonds. The van der Waals surface area contributed by atoms with Crippen LogP contribution in [-0.4, -0.2) is 42.2 Å². The molecule has 1 aliphatic heterocycles. The Morgan fingerprint density at radius 2 is 1.92 bits per heavy atom.